The molecule has 2 fully saturated rings. The van der Waals surface area contributed by atoms with Crippen LogP contribution in [0.3, 0.4) is 0 Å². The zero-order valence-corrected chi connectivity index (χ0v) is 14.4. The van der Waals surface area contributed by atoms with Crippen LogP contribution in [-0.2, 0) is 14.2 Å². The normalized spacial score (nSPS) is 37.2. The summed E-state index contributed by atoms with van der Waals surface area (Å²) in [7, 11) is 0. The Bertz CT molecular complexity index is 410. The molecule has 6 heteroatoms. The number of hydrogen-bond acceptors (Lipinski definition) is 6. The van der Waals surface area contributed by atoms with Gasteiger partial charge in [0.05, 0.1) is 24.5 Å². The first kappa shape index (κ1) is 18.7. The first-order valence-electron chi connectivity index (χ1n) is 8.56. The summed E-state index contributed by atoms with van der Waals surface area (Å²) in [6, 6.07) is -0.754. The van der Waals surface area contributed by atoms with Crippen molar-refractivity contribution < 1.29 is 24.4 Å². The molecule has 1 heterocycles. The Kier molecular flexibility index (Phi) is 6.08. The lowest BCUT2D eigenvalue weighted by Gasteiger charge is -2.44. The third-order valence-corrected chi connectivity index (χ3v) is 5.09. The van der Waals surface area contributed by atoms with Gasteiger partial charge in [-0.25, -0.2) is 0 Å². The van der Waals surface area contributed by atoms with Crippen LogP contribution in [-0.4, -0.2) is 53.6 Å². The van der Waals surface area contributed by atoms with Crippen molar-refractivity contribution in [3.63, 3.8) is 0 Å². The second-order valence-electron chi connectivity index (χ2n) is 6.96. The maximum Gasteiger partial charge on any atom is 0.217 e. The molecule has 6 unspecified atom stereocenters. The van der Waals surface area contributed by atoms with E-state index in [0.717, 1.165) is 19.3 Å². The number of allylic oxidation sites excluding steroid dienone is 1. The Morgan fingerprint density at radius 1 is 1.43 bits per heavy atom. The molecule has 23 heavy (non-hydrogen) atoms. The average molecular weight is 329 g/mol. The van der Waals surface area contributed by atoms with E-state index in [9.17, 15) is 10.2 Å². The van der Waals surface area contributed by atoms with E-state index >= 15 is 0 Å². The van der Waals surface area contributed by atoms with Gasteiger partial charge < -0.3 is 30.2 Å². The van der Waals surface area contributed by atoms with Gasteiger partial charge in [0.15, 0.2) is 0 Å². The molecule has 134 valence electrons. The van der Waals surface area contributed by atoms with Crippen LogP contribution >= 0.6 is 0 Å². The molecule has 1 saturated heterocycles. The van der Waals surface area contributed by atoms with Gasteiger partial charge in [0.1, 0.15) is 18.3 Å². The van der Waals surface area contributed by atoms with Crippen LogP contribution in [0.15, 0.2) is 12.3 Å². The summed E-state index contributed by atoms with van der Waals surface area (Å²) in [5.41, 5.74) is 6.23. The number of nitrogens with two attached hydrogens (primary N) is 1. The highest BCUT2D eigenvalue weighted by molar-refractivity contribution is 4.99. The molecule has 0 aromatic rings. The Balaban J connectivity index is 2.06. The maximum absolute atomic E-state index is 10.6. The topological polar surface area (TPSA) is 94.2 Å². The smallest absolute Gasteiger partial charge is 0.217 e. The second-order valence-corrected chi connectivity index (χ2v) is 6.96. The Morgan fingerprint density at radius 3 is 2.57 bits per heavy atom. The van der Waals surface area contributed by atoms with Crippen molar-refractivity contribution in [3.05, 3.63) is 12.3 Å². The van der Waals surface area contributed by atoms with E-state index < -0.39 is 30.6 Å². The molecule has 2 aliphatic rings. The molecule has 6 atom stereocenters. The minimum absolute atomic E-state index is 0.0232. The molecular weight excluding hydrogens is 298 g/mol. The summed E-state index contributed by atoms with van der Waals surface area (Å²) in [5.74, 6) is 0.533. The highest BCUT2D eigenvalue weighted by atomic mass is 16.7. The van der Waals surface area contributed by atoms with E-state index in [2.05, 4.69) is 20.4 Å². The predicted molar refractivity (Wildman–Crippen MR) is 86.5 cm³/mol. The molecule has 4 N–H and O–H groups in total. The zero-order valence-electron chi connectivity index (χ0n) is 14.4. The van der Waals surface area contributed by atoms with Crippen LogP contribution in [0.1, 0.15) is 46.5 Å². The summed E-state index contributed by atoms with van der Waals surface area (Å²) in [6.07, 6.45) is 0.610. The number of aliphatic hydroxyl groups is 2. The monoisotopic (exact) mass is 329 g/mol. The van der Waals surface area contributed by atoms with Gasteiger partial charge in [-0.3, -0.25) is 0 Å². The fraction of sp³-hybridized carbons (Fsp3) is 0.882. The van der Waals surface area contributed by atoms with Gasteiger partial charge in [-0.1, -0.05) is 27.4 Å². The summed E-state index contributed by atoms with van der Waals surface area (Å²) in [4.78, 5) is 0. The first-order chi connectivity index (χ1) is 10.9. The molecule has 0 amide bonds. The van der Waals surface area contributed by atoms with E-state index in [0.29, 0.717) is 12.2 Å². The lowest BCUT2D eigenvalue weighted by Crippen LogP contribution is -2.63. The molecule has 1 saturated carbocycles. The minimum Gasteiger partial charge on any atom is -0.468 e. The Morgan fingerprint density at radius 2 is 2.09 bits per heavy atom. The zero-order chi connectivity index (χ0) is 17.2. The molecule has 1 aliphatic carbocycles. The van der Waals surface area contributed by atoms with Crippen molar-refractivity contribution in [2.24, 2.45) is 11.1 Å². The Hall–Kier alpha value is -0.660. The van der Waals surface area contributed by atoms with Crippen LogP contribution in [0.25, 0.3) is 0 Å². The Labute approximate surface area is 138 Å². The predicted octanol–water partition coefficient (Wildman–Crippen LogP) is 1.30. The SMILES string of the molecule is C=C(CC)OC1OC(CO)C(OC(CC)C2(C)CC2)C(O)C1N. The fourth-order valence-corrected chi connectivity index (χ4v) is 3.07. The largest absolute Gasteiger partial charge is 0.468 e. The first-order valence-corrected chi connectivity index (χ1v) is 8.56. The molecular formula is C17H31NO5. The lowest BCUT2D eigenvalue weighted by atomic mass is 9.94. The van der Waals surface area contributed by atoms with E-state index in [4.69, 9.17) is 19.9 Å². The van der Waals surface area contributed by atoms with Crippen LogP contribution in [0.4, 0.5) is 0 Å². The third kappa shape index (κ3) is 4.06. The van der Waals surface area contributed by atoms with E-state index in [1.807, 2.05) is 6.92 Å². The standard InChI is InChI=1S/C17H31NO5/c1-5-10(3)21-16-13(18)14(20)15(11(9-19)22-16)23-12(6-2)17(4)7-8-17/h11-16,19-20H,3,5-9,18H2,1-2,4H3. The highest BCUT2D eigenvalue weighted by Gasteiger charge is 2.50. The minimum atomic E-state index is -0.966. The van der Waals surface area contributed by atoms with Gasteiger partial charge >= 0.3 is 0 Å². The molecule has 0 aromatic heterocycles. The van der Waals surface area contributed by atoms with Crippen LogP contribution in [0.2, 0.25) is 0 Å². The van der Waals surface area contributed by atoms with Crippen molar-refractivity contribution in [2.45, 2.75) is 83.2 Å². The fourth-order valence-electron chi connectivity index (χ4n) is 3.07. The number of rotatable bonds is 8. The van der Waals surface area contributed by atoms with Gasteiger partial charge in [0.2, 0.25) is 6.29 Å². The molecule has 2 rings (SSSR count). The van der Waals surface area contributed by atoms with Crippen molar-refractivity contribution in [1.29, 1.82) is 0 Å². The van der Waals surface area contributed by atoms with Gasteiger partial charge in [-0.2, -0.15) is 0 Å². The molecule has 0 spiro atoms. The number of hydrogen-bond donors (Lipinski definition) is 3. The molecule has 0 aromatic carbocycles. The van der Waals surface area contributed by atoms with Gasteiger partial charge in [0.25, 0.3) is 0 Å². The summed E-state index contributed by atoms with van der Waals surface area (Å²) in [5, 5.41) is 20.2. The lowest BCUT2D eigenvalue weighted by molar-refractivity contribution is -0.275. The molecule has 0 bridgehead atoms. The van der Waals surface area contributed by atoms with Crippen LogP contribution in [0.5, 0.6) is 0 Å². The summed E-state index contributed by atoms with van der Waals surface area (Å²) in [6.45, 7) is 9.66. The van der Waals surface area contributed by atoms with E-state index in [1.165, 1.54) is 0 Å². The van der Waals surface area contributed by atoms with Crippen molar-refractivity contribution in [2.75, 3.05) is 6.61 Å². The highest BCUT2D eigenvalue weighted by Crippen LogP contribution is 2.51. The van der Waals surface area contributed by atoms with Crippen LogP contribution in [0, 0.1) is 5.41 Å². The van der Waals surface area contributed by atoms with E-state index in [-0.39, 0.29) is 18.1 Å². The summed E-state index contributed by atoms with van der Waals surface area (Å²) >= 11 is 0. The summed E-state index contributed by atoms with van der Waals surface area (Å²) < 4.78 is 17.4. The molecule has 6 nitrogen and oxygen atoms in total. The maximum atomic E-state index is 10.6. The van der Waals surface area contributed by atoms with Gasteiger partial charge in [0, 0.05) is 6.42 Å². The van der Waals surface area contributed by atoms with Gasteiger partial charge in [-0.05, 0) is 24.7 Å². The number of ether oxygens (including phenoxy) is 3. The van der Waals surface area contributed by atoms with Gasteiger partial charge in [-0.15, -0.1) is 0 Å². The molecule has 1 aliphatic heterocycles. The second kappa shape index (κ2) is 7.49. The number of aliphatic hydroxyl groups excluding tert-OH is 2. The van der Waals surface area contributed by atoms with Crippen molar-refractivity contribution >= 4 is 0 Å². The quantitative estimate of drug-likeness (QED) is 0.581. The molecule has 0 radical (unpaired) electrons. The van der Waals surface area contributed by atoms with Crippen molar-refractivity contribution in [3.8, 4) is 0 Å². The third-order valence-electron chi connectivity index (χ3n) is 5.09. The van der Waals surface area contributed by atoms with Crippen molar-refractivity contribution in [1.82, 2.24) is 0 Å². The average Bonchev–Trinajstić information content (AvgIpc) is 3.29. The van der Waals surface area contributed by atoms with E-state index in [1.54, 1.807) is 0 Å². The van der Waals surface area contributed by atoms with Crippen LogP contribution < -0.4 is 5.73 Å².